The maximum atomic E-state index is 6.15. The van der Waals surface area contributed by atoms with Crippen LogP contribution in [0.25, 0.3) is 22.2 Å². The van der Waals surface area contributed by atoms with E-state index in [1.807, 2.05) is 18.2 Å². The quantitative estimate of drug-likeness (QED) is 0.741. The molecule has 0 saturated carbocycles. The molecule has 0 spiro atoms. The van der Waals surface area contributed by atoms with Gasteiger partial charge >= 0.3 is 0 Å². The number of hydrogen-bond acceptors (Lipinski definition) is 4. The van der Waals surface area contributed by atoms with Crippen molar-refractivity contribution in [3.63, 3.8) is 0 Å². The standard InChI is InChI=1S/C17H18ClN3S/c1-21(2)7-6-19-17-10-16(12-5-8-22-11-12)20-15-4-3-13(18)9-14(15)17/h3-5,8-11H,6-7H2,1-2H3,(H,19,20). The third-order valence-corrected chi connectivity index (χ3v) is 4.38. The van der Waals surface area contributed by atoms with E-state index in [0.717, 1.165) is 46.0 Å². The van der Waals surface area contributed by atoms with Gasteiger partial charge in [-0.2, -0.15) is 11.3 Å². The fourth-order valence-corrected chi connectivity index (χ4v) is 3.14. The topological polar surface area (TPSA) is 28.2 Å². The van der Waals surface area contributed by atoms with E-state index in [1.165, 1.54) is 0 Å². The predicted octanol–water partition coefficient (Wildman–Crippen LogP) is 4.59. The highest BCUT2D eigenvalue weighted by molar-refractivity contribution is 7.08. The highest BCUT2D eigenvalue weighted by atomic mass is 35.5. The van der Waals surface area contributed by atoms with Gasteiger partial charge in [0.15, 0.2) is 0 Å². The molecular formula is C17H18ClN3S. The molecule has 0 fully saturated rings. The second kappa shape index (κ2) is 6.65. The number of fused-ring (bicyclic) bond motifs is 1. The summed E-state index contributed by atoms with van der Waals surface area (Å²) < 4.78 is 0. The van der Waals surface area contributed by atoms with E-state index < -0.39 is 0 Å². The maximum absolute atomic E-state index is 6.15. The average Bonchev–Trinajstić information content (AvgIpc) is 3.01. The van der Waals surface area contributed by atoms with Gasteiger partial charge in [0.2, 0.25) is 0 Å². The van der Waals surface area contributed by atoms with Gasteiger partial charge in [-0.15, -0.1) is 0 Å². The van der Waals surface area contributed by atoms with Gasteiger partial charge in [0.25, 0.3) is 0 Å². The Morgan fingerprint density at radius 2 is 2.09 bits per heavy atom. The first-order chi connectivity index (χ1) is 10.6. The van der Waals surface area contributed by atoms with Crippen molar-refractivity contribution in [1.29, 1.82) is 0 Å². The summed E-state index contributed by atoms with van der Waals surface area (Å²) in [5.41, 5.74) is 4.18. The number of anilines is 1. The van der Waals surface area contributed by atoms with Crippen LogP contribution >= 0.6 is 22.9 Å². The molecule has 0 aliphatic heterocycles. The first-order valence-electron chi connectivity index (χ1n) is 7.15. The van der Waals surface area contributed by atoms with Crippen LogP contribution < -0.4 is 5.32 Å². The predicted molar refractivity (Wildman–Crippen MR) is 97.1 cm³/mol. The third kappa shape index (κ3) is 3.40. The number of rotatable bonds is 5. The van der Waals surface area contributed by atoms with Crippen molar-refractivity contribution in [3.05, 3.63) is 46.1 Å². The van der Waals surface area contributed by atoms with Crippen LogP contribution in [-0.4, -0.2) is 37.1 Å². The van der Waals surface area contributed by atoms with Crippen LogP contribution in [0.3, 0.4) is 0 Å². The molecule has 1 N–H and O–H groups in total. The van der Waals surface area contributed by atoms with Crippen molar-refractivity contribution in [2.24, 2.45) is 0 Å². The van der Waals surface area contributed by atoms with Gasteiger partial charge in [0.05, 0.1) is 11.2 Å². The minimum Gasteiger partial charge on any atom is -0.383 e. The summed E-state index contributed by atoms with van der Waals surface area (Å²) in [7, 11) is 4.14. The Labute approximate surface area is 139 Å². The molecule has 0 unspecified atom stereocenters. The van der Waals surface area contributed by atoms with Gasteiger partial charge in [-0.1, -0.05) is 11.6 Å². The molecule has 0 aliphatic rings. The van der Waals surface area contributed by atoms with Crippen molar-refractivity contribution in [3.8, 4) is 11.3 Å². The van der Waals surface area contributed by atoms with Crippen LogP contribution in [0.5, 0.6) is 0 Å². The number of nitrogens with zero attached hydrogens (tertiary/aromatic N) is 2. The normalized spacial score (nSPS) is 11.3. The summed E-state index contributed by atoms with van der Waals surface area (Å²) in [6.07, 6.45) is 0. The lowest BCUT2D eigenvalue weighted by Gasteiger charge is -2.14. The number of benzene rings is 1. The molecular weight excluding hydrogens is 314 g/mol. The first kappa shape index (κ1) is 15.3. The van der Waals surface area contributed by atoms with E-state index in [1.54, 1.807) is 11.3 Å². The lowest BCUT2D eigenvalue weighted by Crippen LogP contribution is -2.20. The Morgan fingerprint density at radius 1 is 1.23 bits per heavy atom. The molecule has 0 bridgehead atoms. The Kier molecular flexibility index (Phi) is 4.62. The molecule has 5 heteroatoms. The SMILES string of the molecule is CN(C)CCNc1cc(-c2ccsc2)nc2ccc(Cl)cc12. The van der Waals surface area contributed by atoms with Gasteiger partial charge in [0, 0.05) is 40.1 Å². The smallest absolute Gasteiger partial charge is 0.0738 e. The molecule has 3 nitrogen and oxygen atoms in total. The number of hydrogen-bond donors (Lipinski definition) is 1. The van der Waals surface area contributed by atoms with E-state index in [-0.39, 0.29) is 0 Å². The highest BCUT2D eigenvalue weighted by Crippen LogP contribution is 2.30. The summed E-state index contributed by atoms with van der Waals surface area (Å²) in [5.74, 6) is 0. The molecule has 2 heterocycles. The molecule has 3 aromatic rings. The second-order valence-electron chi connectivity index (χ2n) is 5.46. The monoisotopic (exact) mass is 331 g/mol. The number of pyridine rings is 1. The Balaban J connectivity index is 2.03. The Morgan fingerprint density at radius 3 is 2.82 bits per heavy atom. The van der Waals surface area contributed by atoms with Gasteiger partial charge in [-0.05, 0) is 49.8 Å². The van der Waals surface area contributed by atoms with Crippen molar-refractivity contribution < 1.29 is 0 Å². The second-order valence-corrected chi connectivity index (χ2v) is 6.68. The number of nitrogens with one attached hydrogen (secondary N) is 1. The maximum Gasteiger partial charge on any atom is 0.0738 e. The van der Waals surface area contributed by atoms with E-state index in [4.69, 9.17) is 16.6 Å². The van der Waals surface area contributed by atoms with Crippen LogP contribution in [0, 0.1) is 0 Å². The van der Waals surface area contributed by atoms with Crippen molar-refractivity contribution in [1.82, 2.24) is 9.88 Å². The lowest BCUT2D eigenvalue weighted by molar-refractivity contribution is 0.425. The first-order valence-corrected chi connectivity index (χ1v) is 8.47. The fourth-order valence-electron chi connectivity index (χ4n) is 2.32. The number of thiophene rings is 1. The van der Waals surface area contributed by atoms with Crippen molar-refractivity contribution in [2.75, 3.05) is 32.5 Å². The zero-order chi connectivity index (χ0) is 15.5. The molecule has 0 aliphatic carbocycles. The zero-order valence-electron chi connectivity index (χ0n) is 12.6. The van der Waals surface area contributed by atoms with E-state index in [0.29, 0.717) is 0 Å². The van der Waals surface area contributed by atoms with Crippen LogP contribution in [0.2, 0.25) is 5.02 Å². The molecule has 2 aromatic heterocycles. The van der Waals surface area contributed by atoms with Crippen LogP contribution in [0.15, 0.2) is 41.1 Å². The lowest BCUT2D eigenvalue weighted by atomic mass is 10.1. The number of likely N-dealkylation sites (N-methyl/N-ethyl adjacent to an activating group) is 1. The molecule has 114 valence electrons. The molecule has 3 rings (SSSR count). The van der Waals surface area contributed by atoms with E-state index in [2.05, 4.69) is 47.2 Å². The fraction of sp³-hybridized carbons (Fsp3) is 0.235. The summed E-state index contributed by atoms with van der Waals surface area (Å²) in [5, 5.41) is 9.49. The van der Waals surface area contributed by atoms with Crippen LogP contribution in [0.4, 0.5) is 5.69 Å². The van der Waals surface area contributed by atoms with Crippen molar-refractivity contribution >= 4 is 39.5 Å². The largest absolute Gasteiger partial charge is 0.383 e. The molecule has 1 aromatic carbocycles. The van der Waals surface area contributed by atoms with Gasteiger partial charge in [-0.25, -0.2) is 4.98 Å². The minimum atomic E-state index is 0.730. The van der Waals surface area contributed by atoms with Crippen LogP contribution in [0.1, 0.15) is 0 Å². The zero-order valence-corrected chi connectivity index (χ0v) is 14.2. The van der Waals surface area contributed by atoms with Crippen molar-refractivity contribution in [2.45, 2.75) is 0 Å². The van der Waals surface area contributed by atoms with Gasteiger partial charge in [0.1, 0.15) is 0 Å². The minimum absolute atomic E-state index is 0.730. The Bertz CT molecular complexity index is 769. The summed E-state index contributed by atoms with van der Waals surface area (Å²) in [6.45, 7) is 1.85. The van der Waals surface area contributed by atoms with Crippen LogP contribution in [-0.2, 0) is 0 Å². The summed E-state index contributed by atoms with van der Waals surface area (Å²) in [4.78, 5) is 6.92. The van der Waals surface area contributed by atoms with Gasteiger partial charge in [-0.3, -0.25) is 0 Å². The molecule has 0 radical (unpaired) electrons. The summed E-state index contributed by atoms with van der Waals surface area (Å²) in [6, 6.07) is 10.0. The van der Waals surface area contributed by atoms with Gasteiger partial charge < -0.3 is 10.2 Å². The van der Waals surface area contributed by atoms with E-state index in [9.17, 15) is 0 Å². The highest BCUT2D eigenvalue weighted by Gasteiger charge is 2.08. The third-order valence-electron chi connectivity index (χ3n) is 3.46. The molecule has 22 heavy (non-hydrogen) atoms. The number of halogens is 1. The number of aromatic nitrogens is 1. The molecule has 0 atom stereocenters. The average molecular weight is 332 g/mol. The molecule has 0 amide bonds. The Hall–Kier alpha value is -1.62. The summed E-state index contributed by atoms with van der Waals surface area (Å²) >= 11 is 7.83. The van der Waals surface area contributed by atoms with E-state index >= 15 is 0 Å². The molecule has 0 saturated heterocycles.